The molecule has 2 aromatic carbocycles. The van der Waals surface area contributed by atoms with Gasteiger partial charge in [0, 0.05) is 16.5 Å². The Hall–Kier alpha value is -2.14. The van der Waals surface area contributed by atoms with Crippen molar-refractivity contribution in [2.75, 3.05) is 5.32 Å². The van der Waals surface area contributed by atoms with Crippen LogP contribution in [-0.2, 0) is 0 Å². The highest BCUT2D eigenvalue weighted by Gasteiger charge is 2.41. The number of nitrogens with one attached hydrogen (secondary N) is 1. The van der Waals surface area contributed by atoms with Crippen LogP contribution in [0, 0.1) is 29.9 Å². The lowest BCUT2D eigenvalue weighted by Gasteiger charge is -2.38. The van der Waals surface area contributed by atoms with Crippen molar-refractivity contribution in [3.63, 3.8) is 0 Å². The van der Waals surface area contributed by atoms with Gasteiger partial charge in [0.15, 0.2) is 0 Å². The molecule has 1 aliphatic carbocycles. The Labute approximate surface area is 155 Å². The third-order valence-corrected chi connectivity index (χ3v) is 6.10. The van der Waals surface area contributed by atoms with Crippen LogP contribution < -0.4 is 5.32 Å². The molecule has 1 heterocycles. The van der Waals surface area contributed by atoms with Crippen molar-refractivity contribution < 1.29 is 4.92 Å². The van der Waals surface area contributed by atoms with Crippen molar-refractivity contribution in [1.29, 1.82) is 0 Å². The zero-order chi connectivity index (χ0) is 17.7. The second-order valence-corrected chi connectivity index (χ2v) is 7.83. The van der Waals surface area contributed by atoms with Gasteiger partial charge in [0.25, 0.3) is 5.69 Å². The molecule has 25 heavy (non-hydrogen) atoms. The number of nitro benzene ring substituents is 1. The number of hydrogen-bond acceptors (Lipinski definition) is 3. The fourth-order valence-corrected chi connectivity index (χ4v) is 4.49. The van der Waals surface area contributed by atoms with Gasteiger partial charge in [-0.1, -0.05) is 40.2 Å². The van der Waals surface area contributed by atoms with Gasteiger partial charge in [-0.2, -0.15) is 0 Å². The summed E-state index contributed by atoms with van der Waals surface area (Å²) in [4.78, 5) is 11.4. The van der Waals surface area contributed by atoms with E-state index in [1.165, 1.54) is 5.56 Å². The van der Waals surface area contributed by atoms with Crippen LogP contribution in [0.1, 0.15) is 40.6 Å². The lowest BCUT2D eigenvalue weighted by atomic mass is 9.74. The third-order valence-electron chi connectivity index (χ3n) is 5.57. The minimum absolute atomic E-state index is 0.0707. The number of nitrogens with zero attached hydrogens (tertiary/aromatic N) is 1. The summed E-state index contributed by atoms with van der Waals surface area (Å²) in [5.41, 5.74) is 5.27. The van der Waals surface area contributed by atoms with Crippen molar-refractivity contribution in [2.24, 2.45) is 5.92 Å². The highest BCUT2D eigenvalue weighted by molar-refractivity contribution is 9.10. The summed E-state index contributed by atoms with van der Waals surface area (Å²) in [5, 5.41) is 15.2. The van der Waals surface area contributed by atoms with Gasteiger partial charge in [-0.15, -0.1) is 0 Å². The van der Waals surface area contributed by atoms with Crippen LogP contribution >= 0.6 is 15.9 Å². The molecular formula is C20H19BrN2O2. The van der Waals surface area contributed by atoms with E-state index in [4.69, 9.17) is 0 Å². The zero-order valence-corrected chi connectivity index (χ0v) is 15.7. The lowest BCUT2D eigenvalue weighted by molar-refractivity contribution is -0.384. The minimum Gasteiger partial charge on any atom is -0.372 e. The zero-order valence-electron chi connectivity index (χ0n) is 14.1. The SMILES string of the molecule is Cc1cc([N+](=O)[O-])c2c(c1C)[C@@H]1C=CC[C@@H]1[C@H](c1ccc(Br)cc1)N2. The van der Waals surface area contributed by atoms with Crippen LogP contribution in [0.2, 0.25) is 0 Å². The third kappa shape index (κ3) is 2.58. The van der Waals surface area contributed by atoms with Gasteiger partial charge in [0.1, 0.15) is 5.69 Å². The summed E-state index contributed by atoms with van der Waals surface area (Å²) in [5.74, 6) is 0.609. The van der Waals surface area contributed by atoms with Gasteiger partial charge in [0.05, 0.1) is 11.0 Å². The van der Waals surface area contributed by atoms with Crippen LogP contribution in [0.25, 0.3) is 0 Å². The Kier molecular flexibility index (Phi) is 3.91. The highest BCUT2D eigenvalue weighted by atomic mass is 79.9. The van der Waals surface area contributed by atoms with Crippen molar-refractivity contribution in [1.82, 2.24) is 0 Å². The summed E-state index contributed by atoms with van der Waals surface area (Å²) in [7, 11) is 0. The van der Waals surface area contributed by atoms with Crippen LogP contribution in [0.4, 0.5) is 11.4 Å². The average molecular weight is 399 g/mol. The van der Waals surface area contributed by atoms with Gasteiger partial charge < -0.3 is 5.32 Å². The van der Waals surface area contributed by atoms with E-state index >= 15 is 0 Å². The molecule has 0 saturated carbocycles. The van der Waals surface area contributed by atoms with Gasteiger partial charge in [-0.3, -0.25) is 10.1 Å². The van der Waals surface area contributed by atoms with E-state index in [9.17, 15) is 10.1 Å². The fraction of sp³-hybridized carbons (Fsp3) is 0.300. The number of rotatable bonds is 2. The molecule has 2 aromatic rings. The summed E-state index contributed by atoms with van der Waals surface area (Å²) in [6.07, 6.45) is 5.43. The van der Waals surface area contributed by atoms with Gasteiger partial charge in [-0.05, 0) is 60.6 Å². The molecule has 1 N–H and O–H groups in total. The smallest absolute Gasteiger partial charge is 0.292 e. The molecule has 0 spiro atoms. The maximum absolute atomic E-state index is 11.7. The van der Waals surface area contributed by atoms with Crippen molar-refractivity contribution in [3.05, 3.63) is 79.3 Å². The molecule has 4 nitrogen and oxygen atoms in total. The minimum atomic E-state index is -0.268. The number of benzene rings is 2. The number of fused-ring (bicyclic) bond motifs is 3. The Balaban J connectivity index is 1.90. The first-order chi connectivity index (χ1) is 12.0. The predicted molar refractivity (Wildman–Crippen MR) is 103 cm³/mol. The first-order valence-electron chi connectivity index (χ1n) is 8.44. The second kappa shape index (κ2) is 5.99. The molecule has 0 aromatic heterocycles. The standard InChI is InChI=1S/C20H19BrN2O2/c1-11-10-17(23(24)25)20-18(12(11)2)15-4-3-5-16(15)19(22-20)13-6-8-14(21)9-7-13/h3-4,6-10,15-16,19,22H,5H2,1-2H3/t15-,16+,19+/m1/s1. The average Bonchev–Trinajstić information content (AvgIpc) is 3.07. The molecule has 5 heteroatoms. The van der Waals surface area contributed by atoms with E-state index in [1.807, 2.05) is 19.1 Å². The molecule has 0 radical (unpaired) electrons. The second-order valence-electron chi connectivity index (χ2n) is 6.91. The van der Waals surface area contributed by atoms with Crippen molar-refractivity contribution in [3.8, 4) is 0 Å². The predicted octanol–water partition coefficient (Wildman–Crippen LogP) is 5.80. The Morgan fingerprint density at radius 2 is 1.96 bits per heavy atom. The molecule has 0 bridgehead atoms. The molecule has 0 amide bonds. The quantitative estimate of drug-likeness (QED) is 0.395. The van der Waals surface area contributed by atoms with E-state index < -0.39 is 0 Å². The number of halogens is 1. The summed E-state index contributed by atoms with van der Waals surface area (Å²) in [6.45, 7) is 4.03. The van der Waals surface area contributed by atoms with Gasteiger partial charge in [-0.25, -0.2) is 0 Å². The Bertz CT molecular complexity index is 890. The Morgan fingerprint density at radius 3 is 2.64 bits per heavy atom. The molecule has 4 rings (SSSR count). The molecule has 2 aliphatic rings. The van der Waals surface area contributed by atoms with E-state index in [-0.39, 0.29) is 22.6 Å². The molecule has 1 aliphatic heterocycles. The van der Waals surface area contributed by atoms with Crippen LogP contribution in [-0.4, -0.2) is 4.92 Å². The van der Waals surface area contributed by atoms with E-state index in [0.717, 1.165) is 27.6 Å². The van der Waals surface area contributed by atoms with Crippen LogP contribution in [0.15, 0.2) is 47.0 Å². The number of anilines is 1. The Morgan fingerprint density at radius 1 is 1.24 bits per heavy atom. The van der Waals surface area contributed by atoms with E-state index in [0.29, 0.717) is 11.6 Å². The summed E-state index contributed by atoms with van der Waals surface area (Å²) >= 11 is 3.48. The lowest BCUT2D eigenvalue weighted by Crippen LogP contribution is -2.30. The first-order valence-corrected chi connectivity index (χ1v) is 9.24. The number of allylic oxidation sites excluding steroid dienone is 2. The van der Waals surface area contributed by atoms with Crippen molar-refractivity contribution >= 4 is 27.3 Å². The van der Waals surface area contributed by atoms with Crippen LogP contribution in [0.5, 0.6) is 0 Å². The monoisotopic (exact) mass is 398 g/mol. The maximum Gasteiger partial charge on any atom is 0.292 e. The van der Waals surface area contributed by atoms with E-state index in [2.05, 4.69) is 52.5 Å². The van der Waals surface area contributed by atoms with Crippen LogP contribution in [0.3, 0.4) is 0 Å². The fourth-order valence-electron chi connectivity index (χ4n) is 4.22. The van der Waals surface area contributed by atoms with E-state index in [1.54, 1.807) is 6.07 Å². The molecule has 0 saturated heterocycles. The molecular weight excluding hydrogens is 380 g/mol. The summed E-state index contributed by atoms with van der Waals surface area (Å²) < 4.78 is 1.03. The van der Waals surface area contributed by atoms with Gasteiger partial charge in [0.2, 0.25) is 0 Å². The maximum atomic E-state index is 11.7. The number of aryl methyl sites for hydroxylation is 1. The summed E-state index contributed by atoms with van der Waals surface area (Å²) in [6, 6.07) is 10.0. The highest BCUT2D eigenvalue weighted by Crippen LogP contribution is 2.53. The number of nitro groups is 1. The largest absolute Gasteiger partial charge is 0.372 e. The number of hydrogen-bond donors (Lipinski definition) is 1. The molecule has 0 unspecified atom stereocenters. The molecule has 3 atom stereocenters. The molecule has 128 valence electrons. The van der Waals surface area contributed by atoms with Crippen molar-refractivity contribution in [2.45, 2.75) is 32.2 Å². The normalized spacial score (nSPS) is 23.7. The topological polar surface area (TPSA) is 55.2 Å². The first kappa shape index (κ1) is 16.3. The van der Waals surface area contributed by atoms with Gasteiger partial charge >= 0.3 is 0 Å². The molecule has 0 fully saturated rings.